The molecule has 1 aromatic heterocycles. The van der Waals surface area contributed by atoms with Gasteiger partial charge in [0, 0.05) is 10.8 Å². The number of thioether (sulfide) groups is 1. The summed E-state index contributed by atoms with van der Waals surface area (Å²) in [4.78, 5) is 23.1. The second-order valence-corrected chi connectivity index (χ2v) is 7.27. The molecule has 2 aromatic rings. The van der Waals surface area contributed by atoms with E-state index in [2.05, 4.69) is 24.3 Å². The van der Waals surface area contributed by atoms with Crippen molar-refractivity contribution in [3.8, 4) is 5.69 Å². The zero-order chi connectivity index (χ0) is 17.4. The first-order valence-corrected chi connectivity index (χ1v) is 8.78. The molecule has 1 amide bonds. The first kappa shape index (κ1) is 16.6. The minimum absolute atomic E-state index is 0.0484. The fourth-order valence-electron chi connectivity index (χ4n) is 2.87. The Bertz CT molecular complexity index is 796. The van der Waals surface area contributed by atoms with Crippen molar-refractivity contribution >= 4 is 29.5 Å². The van der Waals surface area contributed by atoms with Crippen molar-refractivity contribution in [3.05, 3.63) is 41.1 Å². The number of rotatable bonds is 3. The molecule has 126 valence electrons. The van der Waals surface area contributed by atoms with Crippen LogP contribution in [0.25, 0.3) is 5.69 Å². The molecule has 1 aliphatic heterocycles. The van der Waals surface area contributed by atoms with Crippen molar-refractivity contribution in [2.24, 2.45) is 5.92 Å². The third-order valence-electron chi connectivity index (χ3n) is 4.01. The molecule has 0 unspecified atom stereocenters. The van der Waals surface area contributed by atoms with E-state index in [1.165, 1.54) is 12.1 Å². The van der Waals surface area contributed by atoms with Gasteiger partial charge >= 0.3 is 5.97 Å². The molecule has 2 N–H and O–H groups in total. The van der Waals surface area contributed by atoms with Gasteiger partial charge in [0.1, 0.15) is 5.82 Å². The van der Waals surface area contributed by atoms with E-state index in [1.54, 1.807) is 28.6 Å². The summed E-state index contributed by atoms with van der Waals surface area (Å²) in [5.41, 5.74) is 2.86. The number of carboxylic acid groups (broad SMARTS) is 1. The summed E-state index contributed by atoms with van der Waals surface area (Å²) in [6, 6.07) is 6.47. The topological polar surface area (TPSA) is 84.2 Å². The number of nitrogens with zero attached hydrogens (tertiary/aromatic N) is 2. The van der Waals surface area contributed by atoms with E-state index in [9.17, 15) is 9.59 Å². The van der Waals surface area contributed by atoms with Gasteiger partial charge in [-0.2, -0.15) is 5.10 Å². The Hall–Kier alpha value is -2.28. The lowest BCUT2D eigenvalue weighted by Crippen LogP contribution is -2.15. The Morgan fingerprint density at radius 2 is 2.04 bits per heavy atom. The molecule has 7 heteroatoms. The first-order chi connectivity index (χ1) is 11.4. The van der Waals surface area contributed by atoms with Crippen LogP contribution in [0.1, 0.15) is 40.7 Å². The lowest BCUT2D eigenvalue weighted by atomic mass is 10.0. The zero-order valence-corrected chi connectivity index (χ0v) is 14.6. The number of amides is 1. The average Bonchev–Trinajstić information content (AvgIpc) is 2.74. The molecule has 6 nitrogen and oxygen atoms in total. The fraction of sp³-hybridized carbons (Fsp3) is 0.353. The van der Waals surface area contributed by atoms with Crippen LogP contribution in [0.5, 0.6) is 0 Å². The third-order valence-corrected chi connectivity index (χ3v) is 5.58. The molecule has 2 heterocycles. The van der Waals surface area contributed by atoms with Gasteiger partial charge in [0.15, 0.2) is 0 Å². The number of benzene rings is 1. The van der Waals surface area contributed by atoms with Gasteiger partial charge in [0.2, 0.25) is 5.91 Å². The lowest BCUT2D eigenvalue weighted by molar-refractivity contribution is -0.113. The van der Waals surface area contributed by atoms with Gasteiger partial charge in [-0.1, -0.05) is 13.8 Å². The maximum absolute atomic E-state index is 12.1. The zero-order valence-electron chi connectivity index (χ0n) is 13.7. The second kappa shape index (κ2) is 6.32. The van der Waals surface area contributed by atoms with E-state index in [-0.39, 0.29) is 16.7 Å². The third kappa shape index (κ3) is 2.91. The molecule has 0 fully saturated rings. The molecule has 1 aromatic carbocycles. The number of hydrogen-bond acceptors (Lipinski definition) is 4. The normalized spacial score (nSPS) is 17.3. The minimum atomic E-state index is -0.971. The highest BCUT2D eigenvalue weighted by atomic mass is 32.2. The Kier molecular flexibility index (Phi) is 4.36. The van der Waals surface area contributed by atoms with Gasteiger partial charge in [0.25, 0.3) is 0 Å². The first-order valence-electron chi connectivity index (χ1n) is 7.73. The highest BCUT2D eigenvalue weighted by molar-refractivity contribution is 8.00. The van der Waals surface area contributed by atoms with Crippen LogP contribution in [-0.4, -0.2) is 32.5 Å². The van der Waals surface area contributed by atoms with E-state index < -0.39 is 5.97 Å². The summed E-state index contributed by atoms with van der Waals surface area (Å²) in [5, 5.41) is 16.8. The molecule has 0 bridgehead atoms. The second-order valence-electron chi connectivity index (χ2n) is 6.14. The van der Waals surface area contributed by atoms with Crippen LogP contribution in [-0.2, 0) is 4.79 Å². The molecule has 0 aliphatic carbocycles. The molecule has 24 heavy (non-hydrogen) atoms. The quantitative estimate of drug-likeness (QED) is 0.892. The molecule has 0 saturated heterocycles. The molecular formula is C17H19N3O3S. The summed E-state index contributed by atoms with van der Waals surface area (Å²) in [6.45, 7) is 6.21. The number of aromatic nitrogens is 2. The van der Waals surface area contributed by atoms with Crippen LogP contribution < -0.4 is 5.32 Å². The van der Waals surface area contributed by atoms with Gasteiger partial charge < -0.3 is 10.4 Å². The van der Waals surface area contributed by atoms with E-state index >= 15 is 0 Å². The largest absolute Gasteiger partial charge is 0.478 e. The number of fused-ring (bicyclic) bond motifs is 1. The highest BCUT2D eigenvalue weighted by Gasteiger charge is 2.31. The number of hydrogen-bond donors (Lipinski definition) is 2. The number of anilines is 1. The minimum Gasteiger partial charge on any atom is -0.478 e. The van der Waals surface area contributed by atoms with Gasteiger partial charge in [-0.25, -0.2) is 9.48 Å². The number of carboxylic acids is 1. The molecule has 0 spiro atoms. The van der Waals surface area contributed by atoms with Crippen LogP contribution >= 0.6 is 11.8 Å². The van der Waals surface area contributed by atoms with Crippen LogP contribution in [0.15, 0.2) is 24.3 Å². The smallest absolute Gasteiger partial charge is 0.335 e. The van der Waals surface area contributed by atoms with Crippen LogP contribution in [0.3, 0.4) is 0 Å². The Balaban J connectivity index is 2.12. The summed E-state index contributed by atoms with van der Waals surface area (Å²) >= 11 is 1.63. The van der Waals surface area contributed by atoms with Crippen LogP contribution in [0, 0.1) is 12.8 Å². The summed E-state index contributed by atoms with van der Waals surface area (Å²) in [6.07, 6.45) is 0. The predicted molar refractivity (Wildman–Crippen MR) is 93.9 cm³/mol. The summed E-state index contributed by atoms with van der Waals surface area (Å²) < 4.78 is 1.69. The number of carbonyl (C=O) groups excluding carboxylic acids is 1. The maximum Gasteiger partial charge on any atom is 0.335 e. The van der Waals surface area contributed by atoms with Crippen molar-refractivity contribution < 1.29 is 14.7 Å². The Morgan fingerprint density at radius 3 is 2.62 bits per heavy atom. The Labute approximate surface area is 144 Å². The number of aromatic carboxylic acids is 1. The standard InChI is InChI=1S/C17H19N3O3S/c1-9(2)15-14-10(3)19-20(16(14)18-13(21)8-24-15)12-6-4-11(5-7-12)17(22)23/h4-7,9,15H,8H2,1-3H3,(H,18,21)(H,22,23)/t15-/m1/s1. The molecule has 0 saturated carbocycles. The fourth-order valence-corrected chi connectivity index (χ4v) is 4.11. The van der Waals surface area contributed by atoms with Crippen LogP contribution in [0.4, 0.5) is 5.82 Å². The van der Waals surface area contributed by atoms with E-state index in [0.29, 0.717) is 17.5 Å². The average molecular weight is 345 g/mol. The lowest BCUT2D eigenvalue weighted by Gasteiger charge is -2.18. The van der Waals surface area contributed by atoms with Crippen molar-refractivity contribution in [2.75, 3.05) is 11.1 Å². The molecule has 0 radical (unpaired) electrons. The SMILES string of the molecule is Cc1nn(-c2ccc(C(=O)O)cc2)c2c1[C@@H](C(C)C)SCC(=O)N2. The van der Waals surface area contributed by atoms with Crippen molar-refractivity contribution in [1.29, 1.82) is 0 Å². The number of aryl methyl sites for hydroxylation is 1. The molecule has 3 rings (SSSR count). The molecular weight excluding hydrogens is 326 g/mol. The monoisotopic (exact) mass is 345 g/mol. The molecule has 1 aliphatic rings. The summed E-state index contributed by atoms with van der Waals surface area (Å²) in [5.74, 6) is 0.445. The summed E-state index contributed by atoms with van der Waals surface area (Å²) in [7, 11) is 0. The van der Waals surface area contributed by atoms with E-state index in [1.807, 2.05) is 6.92 Å². The van der Waals surface area contributed by atoms with Crippen LogP contribution in [0.2, 0.25) is 0 Å². The maximum atomic E-state index is 12.1. The van der Waals surface area contributed by atoms with E-state index in [0.717, 1.165) is 16.9 Å². The Morgan fingerprint density at radius 1 is 1.38 bits per heavy atom. The van der Waals surface area contributed by atoms with E-state index in [4.69, 9.17) is 5.11 Å². The molecule has 1 atom stereocenters. The highest BCUT2D eigenvalue weighted by Crippen LogP contribution is 2.43. The van der Waals surface area contributed by atoms with Crippen molar-refractivity contribution in [2.45, 2.75) is 26.0 Å². The van der Waals surface area contributed by atoms with Gasteiger partial charge in [-0.15, -0.1) is 11.8 Å². The number of nitrogens with one attached hydrogen (secondary N) is 1. The number of carbonyl (C=O) groups is 2. The van der Waals surface area contributed by atoms with Crippen molar-refractivity contribution in [3.63, 3.8) is 0 Å². The predicted octanol–water partition coefficient (Wildman–Crippen LogP) is 3.26. The van der Waals surface area contributed by atoms with Gasteiger partial charge in [0.05, 0.1) is 22.7 Å². The van der Waals surface area contributed by atoms with Gasteiger partial charge in [-0.3, -0.25) is 4.79 Å². The van der Waals surface area contributed by atoms with Crippen molar-refractivity contribution in [1.82, 2.24) is 9.78 Å². The van der Waals surface area contributed by atoms with Gasteiger partial charge in [-0.05, 0) is 37.1 Å².